The summed E-state index contributed by atoms with van der Waals surface area (Å²) in [5.74, 6) is -1.51. The summed E-state index contributed by atoms with van der Waals surface area (Å²) in [6.07, 6.45) is 1.83. The summed E-state index contributed by atoms with van der Waals surface area (Å²) in [6, 6.07) is 17.1. The van der Waals surface area contributed by atoms with Gasteiger partial charge in [0.1, 0.15) is 6.04 Å². The normalized spacial score (nSPS) is 11.8. The molecule has 120 valence electrons. The van der Waals surface area contributed by atoms with E-state index in [1.165, 1.54) is 0 Å². The van der Waals surface area contributed by atoms with Gasteiger partial charge in [0, 0.05) is 18.0 Å². The smallest absolute Gasteiger partial charge is 0.326 e. The summed E-state index contributed by atoms with van der Waals surface area (Å²) < 4.78 is 0. The van der Waals surface area contributed by atoms with Gasteiger partial charge in [0.05, 0.1) is 11.1 Å². The van der Waals surface area contributed by atoms with E-state index in [0.717, 1.165) is 10.9 Å². The number of benzene rings is 2. The maximum atomic E-state index is 12.5. The topological polar surface area (TPSA) is 79.3 Å². The number of para-hydroxylation sites is 1. The largest absolute Gasteiger partial charge is 0.480 e. The number of amides is 1. The maximum Gasteiger partial charge on any atom is 0.326 e. The van der Waals surface area contributed by atoms with Crippen LogP contribution in [0, 0.1) is 0 Å². The molecule has 3 aromatic rings. The molecule has 2 N–H and O–H groups in total. The lowest BCUT2D eigenvalue weighted by atomic mass is 10.0. The fraction of sp³-hybridized carbons (Fsp3) is 0.105. The second kappa shape index (κ2) is 6.91. The highest BCUT2D eigenvalue weighted by atomic mass is 16.4. The minimum atomic E-state index is -1.07. The number of carboxylic acid groups (broad SMARTS) is 1. The Hall–Kier alpha value is -3.21. The van der Waals surface area contributed by atoms with Crippen molar-refractivity contribution in [3.05, 3.63) is 78.0 Å². The zero-order chi connectivity index (χ0) is 16.9. The minimum absolute atomic E-state index is 0.222. The molecule has 1 heterocycles. The van der Waals surface area contributed by atoms with E-state index >= 15 is 0 Å². The number of aromatic nitrogens is 1. The van der Waals surface area contributed by atoms with Gasteiger partial charge in [-0.15, -0.1) is 0 Å². The first-order valence-electron chi connectivity index (χ1n) is 7.56. The van der Waals surface area contributed by atoms with Gasteiger partial charge < -0.3 is 10.4 Å². The standard InChI is InChI=1S/C19H16N2O3/c22-18(15-10-4-8-14-9-5-11-20-17(14)15)21-16(19(23)24)12-13-6-2-1-3-7-13/h1-11,16H,12H2,(H,21,22)(H,23,24)/t16-/m1/s1. The summed E-state index contributed by atoms with van der Waals surface area (Å²) in [7, 11) is 0. The van der Waals surface area contributed by atoms with Gasteiger partial charge in [-0.1, -0.05) is 48.5 Å². The molecule has 0 radical (unpaired) electrons. The quantitative estimate of drug-likeness (QED) is 0.757. The van der Waals surface area contributed by atoms with Crippen LogP contribution in [0.4, 0.5) is 0 Å². The molecule has 0 aliphatic rings. The van der Waals surface area contributed by atoms with Crippen molar-refractivity contribution in [2.45, 2.75) is 12.5 Å². The van der Waals surface area contributed by atoms with E-state index in [0.29, 0.717) is 11.1 Å². The van der Waals surface area contributed by atoms with Crippen LogP contribution in [-0.2, 0) is 11.2 Å². The molecule has 0 saturated carbocycles. The first-order chi connectivity index (χ1) is 11.6. The van der Waals surface area contributed by atoms with Crippen LogP contribution in [0.3, 0.4) is 0 Å². The average Bonchev–Trinajstić information content (AvgIpc) is 2.61. The molecule has 5 nitrogen and oxygen atoms in total. The SMILES string of the molecule is O=C(N[C@H](Cc1ccccc1)C(=O)O)c1cccc2cccnc12. The van der Waals surface area contributed by atoms with Gasteiger partial charge in [-0.3, -0.25) is 9.78 Å². The van der Waals surface area contributed by atoms with E-state index in [1.807, 2.05) is 42.5 Å². The lowest BCUT2D eigenvalue weighted by Crippen LogP contribution is -2.42. The van der Waals surface area contributed by atoms with Crippen molar-refractivity contribution in [1.29, 1.82) is 0 Å². The van der Waals surface area contributed by atoms with Crippen molar-refractivity contribution >= 4 is 22.8 Å². The molecule has 1 aromatic heterocycles. The van der Waals surface area contributed by atoms with Crippen LogP contribution in [0.2, 0.25) is 0 Å². The Labute approximate surface area is 139 Å². The second-order valence-electron chi connectivity index (χ2n) is 5.43. The molecular weight excluding hydrogens is 304 g/mol. The molecule has 1 atom stereocenters. The molecule has 0 aliphatic heterocycles. The van der Waals surface area contributed by atoms with Crippen molar-refractivity contribution < 1.29 is 14.7 Å². The number of hydrogen-bond acceptors (Lipinski definition) is 3. The number of nitrogens with one attached hydrogen (secondary N) is 1. The molecule has 0 unspecified atom stereocenters. The summed E-state index contributed by atoms with van der Waals surface area (Å²) >= 11 is 0. The van der Waals surface area contributed by atoms with Crippen LogP contribution in [-0.4, -0.2) is 28.0 Å². The third kappa shape index (κ3) is 3.41. The molecule has 3 rings (SSSR count). The fourth-order valence-electron chi connectivity index (χ4n) is 2.57. The first-order valence-corrected chi connectivity index (χ1v) is 7.56. The van der Waals surface area contributed by atoms with Crippen LogP contribution in [0.25, 0.3) is 10.9 Å². The van der Waals surface area contributed by atoms with E-state index in [-0.39, 0.29) is 6.42 Å². The van der Waals surface area contributed by atoms with Crippen molar-refractivity contribution in [2.75, 3.05) is 0 Å². The molecule has 0 saturated heterocycles. The fourth-order valence-corrected chi connectivity index (χ4v) is 2.57. The summed E-state index contributed by atoms with van der Waals surface area (Å²) in [6.45, 7) is 0. The Morgan fingerprint density at radius 2 is 1.75 bits per heavy atom. The Morgan fingerprint density at radius 1 is 1.00 bits per heavy atom. The van der Waals surface area contributed by atoms with Gasteiger partial charge >= 0.3 is 5.97 Å². The van der Waals surface area contributed by atoms with E-state index in [1.54, 1.807) is 24.4 Å². The lowest BCUT2D eigenvalue weighted by Gasteiger charge is -2.15. The highest BCUT2D eigenvalue weighted by Crippen LogP contribution is 2.16. The highest BCUT2D eigenvalue weighted by Gasteiger charge is 2.22. The number of carbonyl (C=O) groups excluding carboxylic acids is 1. The van der Waals surface area contributed by atoms with E-state index in [9.17, 15) is 14.7 Å². The van der Waals surface area contributed by atoms with Crippen LogP contribution >= 0.6 is 0 Å². The molecule has 1 amide bonds. The van der Waals surface area contributed by atoms with Crippen LogP contribution in [0.5, 0.6) is 0 Å². The van der Waals surface area contributed by atoms with Crippen LogP contribution in [0.15, 0.2) is 66.9 Å². The number of carboxylic acids is 1. The maximum absolute atomic E-state index is 12.5. The van der Waals surface area contributed by atoms with E-state index in [2.05, 4.69) is 10.3 Å². The van der Waals surface area contributed by atoms with E-state index < -0.39 is 17.9 Å². The summed E-state index contributed by atoms with van der Waals surface area (Å²) in [5, 5.41) is 12.8. The lowest BCUT2D eigenvalue weighted by molar-refractivity contribution is -0.139. The number of hydrogen-bond donors (Lipinski definition) is 2. The van der Waals surface area contributed by atoms with Crippen molar-refractivity contribution in [2.24, 2.45) is 0 Å². The Bertz CT molecular complexity index is 873. The van der Waals surface area contributed by atoms with Crippen LogP contribution < -0.4 is 5.32 Å². The Kier molecular flexibility index (Phi) is 4.52. The van der Waals surface area contributed by atoms with Gasteiger partial charge in [0.25, 0.3) is 5.91 Å². The van der Waals surface area contributed by atoms with Gasteiger partial charge in [-0.25, -0.2) is 4.79 Å². The third-order valence-corrected chi connectivity index (χ3v) is 3.76. The molecule has 0 spiro atoms. The zero-order valence-corrected chi connectivity index (χ0v) is 12.8. The zero-order valence-electron chi connectivity index (χ0n) is 12.8. The first kappa shape index (κ1) is 15.7. The number of aliphatic carboxylic acids is 1. The van der Waals surface area contributed by atoms with Crippen molar-refractivity contribution in [3.63, 3.8) is 0 Å². The van der Waals surface area contributed by atoms with Gasteiger partial charge in [0.2, 0.25) is 0 Å². The predicted octanol–water partition coefficient (Wildman–Crippen LogP) is 2.66. The van der Waals surface area contributed by atoms with Crippen molar-refractivity contribution in [3.8, 4) is 0 Å². The van der Waals surface area contributed by atoms with Gasteiger partial charge in [-0.2, -0.15) is 0 Å². The second-order valence-corrected chi connectivity index (χ2v) is 5.43. The minimum Gasteiger partial charge on any atom is -0.480 e. The summed E-state index contributed by atoms with van der Waals surface area (Å²) in [5.41, 5.74) is 1.77. The third-order valence-electron chi connectivity index (χ3n) is 3.76. The number of fused-ring (bicyclic) bond motifs is 1. The molecule has 2 aromatic carbocycles. The summed E-state index contributed by atoms with van der Waals surface area (Å²) in [4.78, 5) is 28.3. The molecule has 0 aliphatic carbocycles. The number of carbonyl (C=O) groups is 2. The Morgan fingerprint density at radius 3 is 2.50 bits per heavy atom. The monoisotopic (exact) mass is 320 g/mol. The van der Waals surface area contributed by atoms with Crippen LogP contribution in [0.1, 0.15) is 15.9 Å². The predicted molar refractivity (Wildman–Crippen MR) is 90.8 cm³/mol. The number of pyridine rings is 1. The number of nitrogens with zero attached hydrogens (tertiary/aromatic N) is 1. The van der Waals surface area contributed by atoms with Gasteiger partial charge in [-0.05, 0) is 17.7 Å². The molecule has 0 bridgehead atoms. The molecule has 24 heavy (non-hydrogen) atoms. The molecule has 5 heteroatoms. The van der Waals surface area contributed by atoms with E-state index in [4.69, 9.17) is 0 Å². The number of rotatable bonds is 5. The average molecular weight is 320 g/mol. The molecule has 0 fully saturated rings. The van der Waals surface area contributed by atoms with Gasteiger partial charge in [0.15, 0.2) is 0 Å². The van der Waals surface area contributed by atoms with Crippen molar-refractivity contribution in [1.82, 2.24) is 10.3 Å². The highest BCUT2D eigenvalue weighted by molar-refractivity contribution is 6.06. The molecular formula is C19H16N2O3. The Balaban J connectivity index is 1.84.